The van der Waals surface area contributed by atoms with E-state index in [-0.39, 0.29) is 42.3 Å². The molecule has 6 atom stereocenters. The third kappa shape index (κ3) is 4.35. The number of benzene rings is 3. The summed E-state index contributed by atoms with van der Waals surface area (Å²) >= 11 is 17.9. The SMILES string of the molecule is O=C1[C@H]2[C@H](CC=C3[C@H](C4=COc5ccc(O)cc5C4)[C@]4(Cl)C(=O)N(CBr)C(=O)[C@]4(Cl)C[C@H]32)C(=O)N1c1ccc(Nc2ccccc2)cc1. The zero-order chi connectivity index (χ0) is 33.5. The van der Waals surface area contributed by atoms with Gasteiger partial charge in [0.2, 0.25) is 11.8 Å². The topological polar surface area (TPSA) is 116 Å². The summed E-state index contributed by atoms with van der Waals surface area (Å²) in [6, 6.07) is 21.5. The quantitative estimate of drug-likeness (QED) is 0.134. The standard InChI is InChI=1S/C36H28BrCl2N3O6/c37-18-41-33(46)35(38)16-27-25(30(36(35,39)34(41)47)20-14-19-15-24(43)10-13-28(19)48-17-20)11-12-26-29(27)32(45)42(31(26)44)23-8-6-22(7-9-23)40-21-4-2-1-3-5-21/h1-11,13,15,17,26-27,29-30,40,43H,12,14,16,18H2/t26-,27+,29-,30-,35+,36-/m0/s1. The summed E-state index contributed by atoms with van der Waals surface area (Å²) in [5.74, 6) is -4.50. The van der Waals surface area contributed by atoms with Crippen LogP contribution in [0.4, 0.5) is 17.1 Å². The van der Waals surface area contributed by atoms with E-state index in [4.69, 9.17) is 27.9 Å². The lowest BCUT2D eigenvalue weighted by Gasteiger charge is -2.51. The molecular weight excluding hydrogens is 721 g/mol. The van der Waals surface area contributed by atoms with Gasteiger partial charge in [0.15, 0.2) is 9.75 Å². The highest BCUT2D eigenvalue weighted by atomic mass is 79.9. The fourth-order valence-corrected chi connectivity index (χ4v) is 9.64. The van der Waals surface area contributed by atoms with E-state index in [1.54, 1.807) is 24.3 Å². The number of allylic oxidation sites excluding steroid dienone is 3. The molecule has 0 bridgehead atoms. The Labute approximate surface area is 294 Å². The number of imide groups is 2. The predicted molar refractivity (Wildman–Crippen MR) is 183 cm³/mol. The van der Waals surface area contributed by atoms with Crippen molar-refractivity contribution in [2.24, 2.45) is 23.7 Å². The maximum atomic E-state index is 14.4. The molecule has 48 heavy (non-hydrogen) atoms. The van der Waals surface area contributed by atoms with Crippen LogP contribution < -0.4 is 15.0 Å². The molecule has 5 aliphatic rings. The summed E-state index contributed by atoms with van der Waals surface area (Å²) in [5, 5.41) is 13.5. The first-order valence-electron chi connectivity index (χ1n) is 15.5. The number of hydrogen-bond acceptors (Lipinski definition) is 7. The van der Waals surface area contributed by atoms with Crippen LogP contribution in [0.3, 0.4) is 0 Å². The van der Waals surface area contributed by atoms with Gasteiger partial charge in [-0.05, 0) is 78.9 Å². The number of carbonyl (C=O) groups is 4. The molecule has 1 saturated carbocycles. The second-order valence-electron chi connectivity index (χ2n) is 12.8. The third-order valence-electron chi connectivity index (χ3n) is 10.3. The van der Waals surface area contributed by atoms with Crippen LogP contribution in [0, 0.1) is 23.7 Å². The van der Waals surface area contributed by atoms with E-state index in [1.807, 2.05) is 48.5 Å². The highest BCUT2D eigenvalue weighted by molar-refractivity contribution is 9.09. The van der Waals surface area contributed by atoms with Gasteiger partial charge in [-0.1, -0.05) is 45.8 Å². The third-order valence-corrected chi connectivity index (χ3v) is 12.3. The first-order chi connectivity index (χ1) is 23.1. The molecule has 3 aliphatic heterocycles. The zero-order valence-corrected chi connectivity index (χ0v) is 28.3. The first-order valence-corrected chi connectivity index (χ1v) is 17.4. The van der Waals surface area contributed by atoms with Crippen LogP contribution in [0.2, 0.25) is 0 Å². The summed E-state index contributed by atoms with van der Waals surface area (Å²) < 4.78 is 5.96. The van der Waals surface area contributed by atoms with Gasteiger partial charge in [0, 0.05) is 29.3 Å². The number of phenolic OH excluding ortho intramolecular Hbond substituents is 1. The fourth-order valence-electron chi connectivity index (χ4n) is 8.20. The Hall–Kier alpha value is -4.12. The molecule has 3 fully saturated rings. The molecule has 2 saturated heterocycles. The van der Waals surface area contributed by atoms with Gasteiger partial charge in [-0.3, -0.25) is 29.0 Å². The summed E-state index contributed by atoms with van der Waals surface area (Å²) in [7, 11) is 0. The minimum absolute atomic E-state index is 0.0451. The van der Waals surface area contributed by atoms with E-state index in [9.17, 15) is 24.3 Å². The van der Waals surface area contributed by atoms with Crippen molar-refractivity contribution in [2.45, 2.75) is 29.0 Å². The minimum Gasteiger partial charge on any atom is -0.508 e. The molecule has 0 aromatic heterocycles. The van der Waals surface area contributed by atoms with Gasteiger partial charge in [-0.25, -0.2) is 0 Å². The Balaban J connectivity index is 1.17. The highest BCUT2D eigenvalue weighted by Crippen LogP contribution is 2.65. The number of halogens is 3. The van der Waals surface area contributed by atoms with E-state index in [0.29, 0.717) is 28.1 Å². The molecular formula is C36H28BrCl2N3O6. The molecule has 244 valence electrons. The number of rotatable bonds is 5. The van der Waals surface area contributed by atoms with Crippen LogP contribution in [-0.2, 0) is 25.6 Å². The van der Waals surface area contributed by atoms with Gasteiger partial charge in [-0.15, -0.1) is 23.2 Å². The molecule has 3 heterocycles. The Morgan fingerprint density at radius 1 is 0.917 bits per heavy atom. The van der Waals surface area contributed by atoms with E-state index in [2.05, 4.69) is 21.2 Å². The number of alkyl halides is 3. The average Bonchev–Trinajstić information content (AvgIpc) is 3.42. The Morgan fingerprint density at radius 2 is 1.65 bits per heavy atom. The number of fused-ring (bicyclic) bond motifs is 5. The van der Waals surface area contributed by atoms with Crippen LogP contribution >= 0.6 is 39.1 Å². The van der Waals surface area contributed by atoms with Crippen molar-refractivity contribution < 1.29 is 29.0 Å². The van der Waals surface area contributed by atoms with Crippen LogP contribution in [0.25, 0.3) is 0 Å². The largest absolute Gasteiger partial charge is 0.508 e. The lowest BCUT2D eigenvalue weighted by Crippen LogP contribution is -2.61. The number of carbonyl (C=O) groups excluding carboxylic acids is 4. The highest BCUT2D eigenvalue weighted by Gasteiger charge is 2.76. The molecule has 8 rings (SSSR count). The molecule has 12 heteroatoms. The van der Waals surface area contributed by atoms with E-state index >= 15 is 0 Å². The van der Waals surface area contributed by atoms with Crippen LogP contribution in [0.5, 0.6) is 11.5 Å². The summed E-state index contributed by atoms with van der Waals surface area (Å²) in [6.45, 7) is 0. The average molecular weight is 749 g/mol. The van der Waals surface area contributed by atoms with Crippen LogP contribution in [0.15, 0.2) is 96.3 Å². The van der Waals surface area contributed by atoms with Crippen molar-refractivity contribution >= 4 is 79.8 Å². The van der Waals surface area contributed by atoms with Gasteiger partial charge in [0.1, 0.15) is 11.5 Å². The Bertz CT molecular complexity index is 1970. The molecule has 4 amide bonds. The van der Waals surface area contributed by atoms with Gasteiger partial charge >= 0.3 is 0 Å². The Kier molecular flexibility index (Phi) is 7.28. The number of likely N-dealkylation sites (tertiary alicyclic amines) is 1. The number of nitrogens with one attached hydrogen (secondary N) is 1. The fraction of sp³-hybridized carbons (Fsp3) is 0.278. The molecule has 3 aromatic carbocycles. The predicted octanol–water partition coefficient (Wildman–Crippen LogP) is 6.40. The lowest BCUT2D eigenvalue weighted by atomic mass is 9.56. The monoisotopic (exact) mass is 747 g/mol. The van der Waals surface area contributed by atoms with Crippen molar-refractivity contribution in [3.63, 3.8) is 0 Å². The number of phenols is 1. The second-order valence-corrected chi connectivity index (χ2v) is 14.6. The number of ether oxygens (including phenoxy) is 1. The van der Waals surface area contributed by atoms with Gasteiger partial charge < -0.3 is 15.2 Å². The maximum Gasteiger partial charge on any atom is 0.254 e. The lowest BCUT2D eigenvalue weighted by molar-refractivity contribution is -0.138. The number of hydrogen-bond donors (Lipinski definition) is 2. The van der Waals surface area contributed by atoms with Gasteiger partial charge in [0.05, 0.1) is 29.2 Å². The number of anilines is 3. The minimum atomic E-state index is -1.93. The molecule has 2 N–H and O–H groups in total. The number of nitrogens with zero attached hydrogens (tertiary/aromatic N) is 2. The molecule has 3 aromatic rings. The molecule has 0 unspecified atom stereocenters. The molecule has 9 nitrogen and oxygen atoms in total. The number of amides is 4. The zero-order valence-electron chi connectivity index (χ0n) is 25.2. The van der Waals surface area contributed by atoms with E-state index in [1.165, 1.54) is 17.2 Å². The van der Waals surface area contributed by atoms with Crippen molar-refractivity contribution in [1.82, 2.24) is 4.90 Å². The van der Waals surface area contributed by atoms with Crippen molar-refractivity contribution in [3.8, 4) is 11.5 Å². The van der Waals surface area contributed by atoms with Crippen molar-refractivity contribution in [2.75, 3.05) is 15.7 Å². The summed E-state index contributed by atoms with van der Waals surface area (Å²) in [5.41, 5.74) is 3.96. The number of aromatic hydroxyl groups is 1. The molecule has 0 spiro atoms. The van der Waals surface area contributed by atoms with Gasteiger partial charge in [-0.2, -0.15) is 0 Å². The van der Waals surface area contributed by atoms with Gasteiger partial charge in [0.25, 0.3) is 11.8 Å². The van der Waals surface area contributed by atoms with E-state index in [0.717, 1.165) is 16.3 Å². The normalized spacial score (nSPS) is 30.6. The summed E-state index contributed by atoms with van der Waals surface area (Å²) in [6.07, 6.45) is 3.82. The van der Waals surface area contributed by atoms with E-state index < -0.39 is 45.2 Å². The maximum absolute atomic E-state index is 14.4. The van der Waals surface area contributed by atoms with Crippen LogP contribution in [-0.4, -0.2) is 48.8 Å². The number of para-hydroxylation sites is 1. The Morgan fingerprint density at radius 3 is 2.38 bits per heavy atom. The molecule has 2 aliphatic carbocycles. The smallest absolute Gasteiger partial charge is 0.254 e. The van der Waals surface area contributed by atoms with Crippen LogP contribution in [0.1, 0.15) is 18.4 Å². The molecule has 0 radical (unpaired) electrons. The second kappa shape index (κ2) is 11.2. The summed E-state index contributed by atoms with van der Waals surface area (Å²) in [4.78, 5) is 54.7. The first kappa shape index (κ1) is 31.2. The van der Waals surface area contributed by atoms with Crippen molar-refractivity contribution in [3.05, 3.63) is 102 Å². The van der Waals surface area contributed by atoms with Crippen molar-refractivity contribution in [1.29, 1.82) is 0 Å².